The molecular formula is C28H35Cl2N5O5. The average Bonchev–Trinajstić information content (AvgIpc) is 3.46. The predicted octanol–water partition coefficient (Wildman–Crippen LogP) is 3.18. The summed E-state index contributed by atoms with van der Waals surface area (Å²) in [4.78, 5) is 41.8. The predicted molar refractivity (Wildman–Crippen MR) is 155 cm³/mol. The Morgan fingerprint density at radius 2 is 1.77 bits per heavy atom. The highest BCUT2D eigenvalue weighted by atomic mass is 35.5. The zero-order valence-electron chi connectivity index (χ0n) is 22.5. The van der Waals surface area contributed by atoms with Crippen LogP contribution >= 0.6 is 24.8 Å². The SMILES string of the molecule is CC(=O)O[C@@H]1Cc2ccccc2[C@@H]1n1cnc(NC(=O)[C@@H](COCc2ccccc2)NC(=O)C(C)(C)N)c1.Cl.Cl. The number of imidazole rings is 1. The van der Waals surface area contributed by atoms with Crippen LogP contribution in [0.1, 0.15) is 43.5 Å². The molecule has 0 bridgehead atoms. The lowest BCUT2D eigenvalue weighted by Crippen LogP contribution is -2.56. The summed E-state index contributed by atoms with van der Waals surface area (Å²) >= 11 is 0. The highest BCUT2D eigenvalue weighted by Crippen LogP contribution is 2.36. The summed E-state index contributed by atoms with van der Waals surface area (Å²) in [6, 6.07) is 16.1. The third-order valence-electron chi connectivity index (χ3n) is 6.24. The fourth-order valence-electron chi connectivity index (χ4n) is 4.37. The molecule has 40 heavy (non-hydrogen) atoms. The minimum absolute atomic E-state index is 0. The molecule has 10 nitrogen and oxygen atoms in total. The molecule has 0 spiro atoms. The summed E-state index contributed by atoms with van der Waals surface area (Å²) in [5.74, 6) is -1.06. The number of nitrogens with zero attached hydrogens (tertiary/aromatic N) is 2. The minimum atomic E-state index is -1.18. The Hall–Kier alpha value is -3.44. The van der Waals surface area contributed by atoms with Crippen molar-refractivity contribution in [1.29, 1.82) is 0 Å². The van der Waals surface area contributed by atoms with Crippen molar-refractivity contribution < 1.29 is 23.9 Å². The highest BCUT2D eigenvalue weighted by molar-refractivity contribution is 5.98. The molecule has 216 valence electrons. The lowest BCUT2D eigenvalue weighted by Gasteiger charge is -2.23. The zero-order valence-corrected chi connectivity index (χ0v) is 24.2. The molecule has 0 unspecified atom stereocenters. The third kappa shape index (κ3) is 8.28. The molecule has 3 atom stereocenters. The number of hydrogen-bond acceptors (Lipinski definition) is 7. The molecule has 3 aromatic rings. The molecule has 2 aromatic carbocycles. The summed E-state index contributed by atoms with van der Waals surface area (Å²) < 4.78 is 13.2. The molecular weight excluding hydrogens is 557 g/mol. The quantitative estimate of drug-likeness (QED) is 0.308. The maximum Gasteiger partial charge on any atom is 0.302 e. The number of fused-ring (bicyclic) bond motifs is 1. The van der Waals surface area contributed by atoms with Gasteiger partial charge >= 0.3 is 5.97 Å². The van der Waals surface area contributed by atoms with Gasteiger partial charge in [0.05, 0.1) is 31.1 Å². The van der Waals surface area contributed by atoms with E-state index in [-0.39, 0.29) is 55.9 Å². The number of nitrogens with two attached hydrogens (primary N) is 1. The lowest BCUT2D eigenvalue weighted by molar-refractivity contribution is -0.147. The van der Waals surface area contributed by atoms with E-state index in [9.17, 15) is 14.4 Å². The van der Waals surface area contributed by atoms with Gasteiger partial charge in [-0.25, -0.2) is 4.98 Å². The molecule has 1 aliphatic carbocycles. The van der Waals surface area contributed by atoms with Gasteiger partial charge in [0.15, 0.2) is 5.82 Å². The van der Waals surface area contributed by atoms with Crippen LogP contribution in [0.5, 0.6) is 0 Å². The van der Waals surface area contributed by atoms with Crippen molar-refractivity contribution >= 4 is 48.4 Å². The Balaban J connectivity index is 0.00000280. The molecule has 0 fully saturated rings. The van der Waals surface area contributed by atoms with Crippen LogP contribution in [0.2, 0.25) is 0 Å². The number of benzene rings is 2. The van der Waals surface area contributed by atoms with Crippen LogP contribution in [0.15, 0.2) is 67.1 Å². The molecule has 4 rings (SSSR count). The van der Waals surface area contributed by atoms with Crippen molar-refractivity contribution in [3.05, 3.63) is 83.8 Å². The fraction of sp³-hybridized carbons (Fsp3) is 0.357. The molecule has 0 radical (unpaired) electrons. The molecule has 0 saturated carbocycles. The summed E-state index contributed by atoms with van der Waals surface area (Å²) in [5.41, 5.74) is 7.80. The maximum atomic E-state index is 13.2. The first-order valence-corrected chi connectivity index (χ1v) is 12.4. The zero-order chi connectivity index (χ0) is 27.3. The number of amides is 2. The number of ether oxygens (including phenoxy) is 2. The smallest absolute Gasteiger partial charge is 0.302 e. The number of halogens is 2. The number of carbonyl (C=O) groups is 3. The normalized spacial score (nSPS) is 16.5. The van der Waals surface area contributed by atoms with E-state index in [4.69, 9.17) is 15.2 Å². The second kappa shape index (κ2) is 14.3. The van der Waals surface area contributed by atoms with Crippen molar-refractivity contribution in [2.24, 2.45) is 5.73 Å². The number of anilines is 1. The number of rotatable bonds is 10. The van der Waals surface area contributed by atoms with Gasteiger partial charge in [-0.3, -0.25) is 14.4 Å². The summed E-state index contributed by atoms with van der Waals surface area (Å²) in [7, 11) is 0. The first-order chi connectivity index (χ1) is 18.1. The number of carbonyl (C=O) groups excluding carboxylic acids is 3. The number of hydrogen-bond donors (Lipinski definition) is 3. The second-order valence-electron chi connectivity index (χ2n) is 9.94. The van der Waals surface area contributed by atoms with E-state index in [0.29, 0.717) is 6.42 Å². The fourth-order valence-corrected chi connectivity index (χ4v) is 4.37. The molecule has 0 saturated heterocycles. The highest BCUT2D eigenvalue weighted by Gasteiger charge is 2.36. The Kier molecular flexibility index (Phi) is 11.7. The van der Waals surface area contributed by atoms with Crippen LogP contribution < -0.4 is 16.4 Å². The van der Waals surface area contributed by atoms with Crippen molar-refractivity contribution in [2.75, 3.05) is 11.9 Å². The Morgan fingerprint density at radius 3 is 2.45 bits per heavy atom. The van der Waals surface area contributed by atoms with Gasteiger partial charge in [0.25, 0.3) is 5.91 Å². The third-order valence-corrected chi connectivity index (χ3v) is 6.24. The van der Waals surface area contributed by atoms with Gasteiger partial charge in [0.2, 0.25) is 5.91 Å². The Bertz CT molecular complexity index is 1300. The van der Waals surface area contributed by atoms with E-state index >= 15 is 0 Å². The van der Waals surface area contributed by atoms with Gasteiger partial charge in [0.1, 0.15) is 12.1 Å². The van der Waals surface area contributed by atoms with Crippen LogP contribution in [0.25, 0.3) is 0 Å². The van der Waals surface area contributed by atoms with Crippen molar-refractivity contribution in [1.82, 2.24) is 14.9 Å². The Labute approximate surface area is 245 Å². The molecule has 12 heteroatoms. The standard InChI is InChI=1S/C28H33N5O5.2ClH/c1-18(34)38-23-13-20-11-7-8-12-21(20)25(23)33-14-24(30-17-33)32-26(35)22(31-27(36)28(2,3)29)16-37-15-19-9-5-4-6-10-19;;/h4-12,14,17,22-23,25H,13,15-16,29H2,1-3H3,(H,31,36)(H,32,35);2*1H/t22-,23-,25+;;/m1../s1. The summed E-state index contributed by atoms with van der Waals surface area (Å²) in [6.45, 7) is 4.72. The van der Waals surface area contributed by atoms with Crippen LogP contribution in [0.3, 0.4) is 0 Å². The van der Waals surface area contributed by atoms with Crippen LogP contribution in [-0.4, -0.2) is 51.6 Å². The van der Waals surface area contributed by atoms with Crippen molar-refractivity contribution in [3.8, 4) is 0 Å². The van der Waals surface area contributed by atoms with Gasteiger partial charge in [0, 0.05) is 19.5 Å². The lowest BCUT2D eigenvalue weighted by atomic mass is 10.1. The second-order valence-corrected chi connectivity index (χ2v) is 9.94. The first kappa shape index (κ1) is 32.8. The van der Waals surface area contributed by atoms with E-state index in [2.05, 4.69) is 15.6 Å². The molecule has 1 aliphatic rings. The number of esters is 1. The average molecular weight is 593 g/mol. The molecule has 4 N–H and O–H groups in total. The van der Waals surface area contributed by atoms with E-state index in [1.807, 2.05) is 59.2 Å². The van der Waals surface area contributed by atoms with Crippen molar-refractivity contribution in [3.63, 3.8) is 0 Å². The summed E-state index contributed by atoms with van der Waals surface area (Å²) in [6.07, 6.45) is 3.45. The summed E-state index contributed by atoms with van der Waals surface area (Å²) in [5, 5.41) is 5.43. The topological polar surface area (TPSA) is 138 Å². The first-order valence-electron chi connectivity index (χ1n) is 12.4. The number of aromatic nitrogens is 2. The van der Waals surface area contributed by atoms with Crippen molar-refractivity contribution in [2.45, 2.75) is 57.5 Å². The van der Waals surface area contributed by atoms with E-state index in [1.54, 1.807) is 26.4 Å². The molecule has 1 aromatic heterocycles. The van der Waals surface area contributed by atoms with Crippen LogP contribution in [-0.2, 0) is 36.9 Å². The van der Waals surface area contributed by atoms with Crippen LogP contribution in [0.4, 0.5) is 5.82 Å². The van der Waals surface area contributed by atoms with Gasteiger partial charge in [-0.15, -0.1) is 24.8 Å². The molecule has 1 heterocycles. The van der Waals surface area contributed by atoms with Gasteiger partial charge < -0.3 is 30.4 Å². The minimum Gasteiger partial charge on any atom is -0.460 e. The monoisotopic (exact) mass is 591 g/mol. The van der Waals surface area contributed by atoms with Gasteiger partial charge in [-0.05, 0) is 30.5 Å². The van der Waals surface area contributed by atoms with E-state index in [1.165, 1.54) is 6.92 Å². The van der Waals surface area contributed by atoms with Gasteiger partial charge in [-0.1, -0.05) is 54.6 Å². The molecule has 0 aliphatic heterocycles. The molecule has 2 amide bonds. The van der Waals surface area contributed by atoms with Crippen LogP contribution in [0, 0.1) is 0 Å². The maximum absolute atomic E-state index is 13.2. The van der Waals surface area contributed by atoms with Gasteiger partial charge in [-0.2, -0.15) is 0 Å². The largest absolute Gasteiger partial charge is 0.460 e. The van der Waals surface area contributed by atoms with E-state index in [0.717, 1.165) is 16.7 Å². The number of nitrogens with one attached hydrogen (secondary N) is 2. The van der Waals surface area contributed by atoms with E-state index < -0.39 is 29.5 Å². The Morgan fingerprint density at radius 1 is 1.10 bits per heavy atom.